The normalized spacial score (nSPS) is 29.0. The number of rotatable bonds is 4. The van der Waals surface area contributed by atoms with Crippen LogP contribution in [0.2, 0.25) is 0 Å². The van der Waals surface area contributed by atoms with Crippen LogP contribution >= 0.6 is 0 Å². The minimum Gasteiger partial charge on any atom is -0.372 e. The van der Waals surface area contributed by atoms with Gasteiger partial charge in [-0.2, -0.15) is 0 Å². The van der Waals surface area contributed by atoms with Crippen molar-refractivity contribution in [1.29, 1.82) is 0 Å². The average molecular weight is 378 g/mol. The summed E-state index contributed by atoms with van der Waals surface area (Å²) in [5.41, 5.74) is 0. The van der Waals surface area contributed by atoms with Gasteiger partial charge in [0.15, 0.2) is 19.7 Å². The fourth-order valence-corrected chi connectivity index (χ4v) is 8.72. The van der Waals surface area contributed by atoms with Gasteiger partial charge >= 0.3 is 0 Å². The third kappa shape index (κ3) is 2.61. The quantitative estimate of drug-likeness (QED) is 0.815. The fourth-order valence-electron chi connectivity index (χ4n) is 3.88. The van der Waals surface area contributed by atoms with Gasteiger partial charge in [-0.15, -0.1) is 0 Å². The summed E-state index contributed by atoms with van der Waals surface area (Å²) >= 11 is 0. The molecule has 2 aromatic carbocycles. The highest BCUT2D eigenvalue weighted by molar-refractivity contribution is 7.96. The van der Waals surface area contributed by atoms with Crippen LogP contribution in [-0.2, 0) is 24.4 Å². The molecule has 0 unspecified atom stereocenters. The molecular formula is C18H18O5S2. The first kappa shape index (κ1) is 16.8. The van der Waals surface area contributed by atoms with Crippen LogP contribution in [0.4, 0.5) is 0 Å². The van der Waals surface area contributed by atoms with Crippen molar-refractivity contribution < 1.29 is 21.6 Å². The zero-order chi connectivity index (χ0) is 17.7. The van der Waals surface area contributed by atoms with Crippen LogP contribution < -0.4 is 0 Å². The van der Waals surface area contributed by atoms with Crippen LogP contribution in [0, 0.1) is 0 Å². The van der Waals surface area contributed by atoms with Crippen molar-refractivity contribution in [3.8, 4) is 0 Å². The second kappa shape index (κ2) is 5.93. The molecule has 4 atom stereocenters. The molecule has 0 saturated carbocycles. The molecule has 0 aliphatic carbocycles. The third-order valence-electron chi connectivity index (χ3n) is 5.00. The summed E-state index contributed by atoms with van der Waals surface area (Å²) in [6, 6.07) is 16.1. The molecule has 2 heterocycles. The summed E-state index contributed by atoms with van der Waals surface area (Å²) in [5, 5.41) is -2.14. The average Bonchev–Trinajstić information content (AvgIpc) is 3.25. The molecule has 25 heavy (non-hydrogen) atoms. The largest absolute Gasteiger partial charge is 0.372 e. The molecule has 2 fully saturated rings. The van der Waals surface area contributed by atoms with E-state index in [1.165, 1.54) is 24.3 Å². The number of sulfone groups is 2. The van der Waals surface area contributed by atoms with E-state index >= 15 is 0 Å². The van der Waals surface area contributed by atoms with Crippen LogP contribution in [0.3, 0.4) is 0 Å². The molecule has 0 aromatic heterocycles. The lowest BCUT2D eigenvalue weighted by molar-refractivity contribution is 0.106. The molecule has 0 spiro atoms. The van der Waals surface area contributed by atoms with E-state index in [1.807, 2.05) is 0 Å². The van der Waals surface area contributed by atoms with E-state index in [0.717, 1.165) is 0 Å². The van der Waals surface area contributed by atoms with E-state index in [1.54, 1.807) is 36.4 Å². The maximum Gasteiger partial charge on any atom is 0.185 e. The molecule has 2 aliphatic rings. The Bertz CT molecular complexity index is 887. The fraction of sp³-hybridized carbons (Fsp3) is 0.333. The van der Waals surface area contributed by atoms with Crippen molar-refractivity contribution in [1.82, 2.24) is 0 Å². The van der Waals surface area contributed by atoms with Crippen molar-refractivity contribution in [2.45, 2.75) is 45.3 Å². The molecule has 0 N–H and O–H groups in total. The van der Waals surface area contributed by atoms with E-state index in [4.69, 9.17) is 4.74 Å². The van der Waals surface area contributed by atoms with Crippen molar-refractivity contribution in [2.24, 2.45) is 0 Å². The van der Waals surface area contributed by atoms with Crippen LogP contribution in [0.25, 0.3) is 0 Å². The van der Waals surface area contributed by atoms with Gasteiger partial charge in [0.25, 0.3) is 0 Å². The lowest BCUT2D eigenvalue weighted by Gasteiger charge is -2.27. The molecule has 132 valence electrons. The Balaban J connectivity index is 1.82. The van der Waals surface area contributed by atoms with E-state index < -0.39 is 42.4 Å². The maximum absolute atomic E-state index is 13.2. The lowest BCUT2D eigenvalue weighted by atomic mass is 10.00. The van der Waals surface area contributed by atoms with E-state index in [-0.39, 0.29) is 9.79 Å². The number of hydrogen-bond donors (Lipinski definition) is 0. The Hall–Kier alpha value is -1.70. The summed E-state index contributed by atoms with van der Waals surface area (Å²) in [7, 11) is -7.63. The van der Waals surface area contributed by atoms with Crippen LogP contribution in [-0.4, -0.2) is 39.5 Å². The van der Waals surface area contributed by atoms with Gasteiger partial charge in [0.2, 0.25) is 0 Å². The number of fused-ring (bicyclic) bond motifs is 2. The lowest BCUT2D eigenvalue weighted by Crippen LogP contribution is -2.47. The molecule has 7 heteroatoms. The molecule has 2 aromatic rings. The van der Waals surface area contributed by atoms with Crippen LogP contribution in [0.15, 0.2) is 70.5 Å². The van der Waals surface area contributed by atoms with Gasteiger partial charge in [-0.25, -0.2) is 16.8 Å². The highest BCUT2D eigenvalue weighted by Gasteiger charge is 2.60. The predicted octanol–water partition coefficient (Wildman–Crippen LogP) is 2.23. The van der Waals surface area contributed by atoms with Gasteiger partial charge in [0.05, 0.1) is 22.0 Å². The van der Waals surface area contributed by atoms with Crippen LogP contribution in [0.1, 0.15) is 12.8 Å². The highest BCUT2D eigenvalue weighted by atomic mass is 32.2. The number of hydrogen-bond acceptors (Lipinski definition) is 5. The summed E-state index contributed by atoms with van der Waals surface area (Å²) in [6.07, 6.45) is 0.00196. The standard InChI is InChI=1S/C18H18O5S2/c19-24(20,13-7-3-1-4-8-13)17-15-11-12-16(23-15)18(17)25(21,22)14-9-5-2-6-10-14/h1-10,15-18H,11-12H2/t15-,16-,17-,18-/m0/s1. The van der Waals surface area contributed by atoms with E-state index in [2.05, 4.69) is 0 Å². The van der Waals surface area contributed by atoms with Gasteiger partial charge in [0.1, 0.15) is 10.5 Å². The first-order chi connectivity index (χ1) is 11.9. The highest BCUT2D eigenvalue weighted by Crippen LogP contribution is 2.45. The molecule has 2 bridgehead atoms. The van der Waals surface area contributed by atoms with Gasteiger partial charge in [0, 0.05) is 0 Å². The molecule has 2 saturated heterocycles. The summed E-state index contributed by atoms with van der Waals surface area (Å²) in [4.78, 5) is 0.286. The Labute approximate surface area is 147 Å². The van der Waals surface area contributed by atoms with Gasteiger partial charge in [-0.3, -0.25) is 0 Å². The molecule has 5 nitrogen and oxygen atoms in total. The molecule has 2 aliphatic heterocycles. The SMILES string of the molecule is O=S(=O)(c1ccccc1)[C@@H]1[C@@H](S(=O)(=O)c2ccccc2)[C@@H]2CC[C@@H]1O2. The minimum absolute atomic E-state index is 0.143. The maximum atomic E-state index is 13.2. The van der Waals surface area contributed by atoms with Crippen LogP contribution in [0.5, 0.6) is 0 Å². The second-order valence-electron chi connectivity index (χ2n) is 6.44. The Morgan fingerprint density at radius 1 is 0.640 bits per heavy atom. The monoisotopic (exact) mass is 378 g/mol. The Kier molecular flexibility index (Phi) is 3.97. The third-order valence-corrected chi connectivity index (χ3v) is 9.66. The first-order valence-corrected chi connectivity index (χ1v) is 11.2. The van der Waals surface area contributed by atoms with Crippen molar-refractivity contribution >= 4 is 19.7 Å². The molecule has 0 radical (unpaired) electrons. The van der Waals surface area contributed by atoms with E-state index in [9.17, 15) is 16.8 Å². The van der Waals surface area contributed by atoms with Gasteiger partial charge in [-0.1, -0.05) is 36.4 Å². The summed E-state index contributed by atoms with van der Waals surface area (Å²) < 4.78 is 58.4. The Morgan fingerprint density at radius 2 is 1.00 bits per heavy atom. The molecule has 0 amide bonds. The second-order valence-corrected chi connectivity index (χ2v) is 10.6. The smallest absolute Gasteiger partial charge is 0.185 e. The Morgan fingerprint density at radius 3 is 1.36 bits per heavy atom. The first-order valence-electron chi connectivity index (χ1n) is 8.16. The van der Waals surface area contributed by atoms with E-state index in [0.29, 0.717) is 12.8 Å². The molecule has 4 rings (SSSR count). The zero-order valence-corrected chi connectivity index (χ0v) is 15.0. The summed E-state index contributed by atoms with van der Waals surface area (Å²) in [6.45, 7) is 0. The van der Waals surface area contributed by atoms with Crippen molar-refractivity contribution in [2.75, 3.05) is 0 Å². The minimum atomic E-state index is -3.81. The van der Waals surface area contributed by atoms with Gasteiger partial charge < -0.3 is 4.74 Å². The predicted molar refractivity (Wildman–Crippen MR) is 92.7 cm³/mol. The van der Waals surface area contributed by atoms with Crippen molar-refractivity contribution in [3.05, 3.63) is 60.7 Å². The number of ether oxygens (including phenoxy) is 1. The van der Waals surface area contributed by atoms with Crippen molar-refractivity contribution in [3.63, 3.8) is 0 Å². The van der Waals surface area contributed by atoms with Gasteiger partial charge in [-0.05, 0) is 37.1 Å². The summed E-state index contributed by atoms with van der Waals surface area (Å²) in [5.74, 6) is 0. The zero-order valence-electron chi connectivity index (χ0n) is 13.4. The molecular weight excluding hydrogens is 360 g/mol. The topological polar surface area (TPSA) is 77.5 Å². The number of benzene rings is 2.